The van der Waals surface area contributed by atoms with Crippen molar-refractivity contribution in [2.75, 3.05) is 4.90 Å². The number of imide groups is 1. The number of benzene rings is 3. The average Bonchev–Trinajstić information content (AvgIpc) is 3.30. The lowest BCUT2D eigenvalue weighted by Gasteiger charge is -2.31. The van der Waals surface area contributed by atoms with Crippen LogP contribution in [0.5, 0.6) is 0 Å². The number of nitrogens with zero attached hydrogens (tertiary/aromatic N) is 1. The van der Waals surface area contributed by atoms with Crippen molar-refractivity contribution in [2.24, 2.45) is 11.8 Å². The highest BCUT2D eigenvalue weighted by atomic mass is 35.5. The maximum atomic E-state index is 13.7. The molecule has 2 N–H and O–H groups in total. The first-order valence-electron chi connectivity index (χ1n) is 10.8. The third kappa shape index (κ3) is 3.48. The minimum atomic E-state index is -1.72. The van der Waals surface area contributed by atoms with E-state index < -0.39 is 47.0 Å². The highest BCUT2D eigenvalue weighted by Gasteiger charge is 2.68. The van der Waals surface area contributed by atoms with Crippen LogP contribution in [0.3, 0.4) is 0 Å². The van der Waals surface area contributed by atoms with Gasteiger partial charge in [0.05, 0.1) is 17.5 Å². The van der Waals surface area contributed by atoms with Crippen molar-refractivity contribution in [3.8, 4) is 0 Å². The normalized spacial score (nSPS) is 26.1. The van der Waals surface area contributed by atoms with Crippen LogP contribution in [0.1, 0.15) is 17.2 Å². The SMILES string of the molecule is O=C1[C@@H]2[C@H](c3ccc(Cl)cc3)N[C@](Cc3ccccc3)(C(=O)O)[C@H]2C(=O)N1c1ccc(F)cc1. The van der Waals surface area contributed by atoms with Crippen LogP contribution < -0.4 is 10.2 Å². The Labute approximate surface area is 200 Å². The number of rotatable bonds is 5. The summed E-state index contributed by atoms with van der Waals surface area (Å²) < 4.78 is 13.5. The van der Waals surface area contributed by atoms with Gasteiger partial charge in [0.1, 0.15) is 11.4 Å². The van der Waals surface area contributed by atoms with Crippen LogP contribution in [-0.4, -0.2) is 28.4 Å². The molecule has 0 aliphatic carbocycles. The molecule has 2 amide bonds. The Morgan fingerprint density at radius 2 is 1.62 bits per heavy atom. The fourth-order valence-corrected chi connectivity index (χ4v) is 5.28. The summed E-state index contributed by atoms with van der Waals surface area (Å²) in [5.41, 5.74) is -0.150. The standard InChI is InChI=1S/C26H20ClFN2O4/c27-17-8-6-16(7-9-17)22-20-21(24(32)30(23(20)31)19-12-10-18(28)11-13-19)26(29-22,25(33)34)14-15-4-2-1-3-5-15/h1-13,20-22,29H,14H2,(H,33,34)/t20-,21+,22-,26-/m0/s1. The first-order valence-corrected chi connectivity index (χ1v) is 11.1. The predicted molar refractivity (Wildman–Crippen MR) is 124 cm³/mol. The third-order valence-electron chi connectivity index (χ3n) is 6.68. The topological polar surface area (TPSA) is 86.7 Å². The summed E-state index contributed by atoms with van der Waals surface area (Å²) in [6.45, 7) is 0. The zero-order chi connectivity index (χ0) is 24.0. The second-order valence-corrected chi connectivity index (χ2v) is 9.04. The molecular weight excluding hydrogens is 459 g/mol. The van der Waals surface area contributed by atoms with Crippen LogP contribution in [0.25, 0.3) is 0 Å². The molecule has 8 heteroatoms. The molecule has 2 heterocycles. The van der Waals surface area contributed by atoms with E-state index in [1.807, 2.05) is 6.07 Å². The molecule has 3 aromatic carbocycles. The highest BCUT2D eigenvalue weighted by molar-refractivity contribution is 6.30. The first-order chi connectivity index (χ1) is 16.3. The van der Waals surface area contributed by atoms with Crippen LogP contribution in [-0.2, 0) is 20.8 Å². The van der Waals surface area contributed by atoms with Crippen molar-refractivity contribution < 1.29 is 23.9 Å². The number of anilines is 1. The zero-order valence-electron chi connectivity index (χ0n) is 17.8. The summed E-state index contributed by atoms with van der Waals surface area (Å²) in [5, 5.41) is 14.1. The van der Waals surface area contributed by atoms with Gasteiger partial charge in [-0.25, -0.2) is 9.29 Å². The summed E-state index contributed by atoms with van der Waals surface area (Å²) in [5.74, 6) is -4.99. The summed E-state index contributed by atoms with van der Waals surface area (Å²) in [4.78, 5) is 41.2. The molecular formula is C26H20ClFN2O4. The van der Waals surface area contributed by atoms with E-state index in [0.717, 1.165) is 17.0 Å². The minimum absolute atomic E-state index is 0.00467. The lowest BCUT2D eigenvalue weighted by molar-refractivity contribution is -0.148. The van der Waals surface area contributed by atoms with Gasteiger partial charge in [-0.05, 0) is 47.5 Å². The zero-order valence-corrected chi connectivity index (χ0v) is 18.6. The van der Waals surface area contributed by atoms with Crippen LogP contribution in [0.2, 0.25) is 5.02 Å². The van der Waals surface area contributed by atoms with E-state index in [1.54, 1.807) is 48.5 Å². The molecule has 0 radical (unpaired) electrons. The monoisotopic (exact) mass is 478 g/mol. The molecule has 0 bridgehead atoms. The predicted octanol–water partition coefficient (Wildman–Crippen LogP) is 4.00. The van der Waals surface area contributed by atoms with Gasteiger partial charge in [0.25, 0.3) is 0 Å². The van der Waals surface area contributed by atoms with Crippen molar-refractivity contribution in [2.45, 2.75) is 18.0 Å². The van der Waals surface area contributed by atoms with Crippen molar-refractivity contribution in [1.82, 2.24) is 5.32 Å². The Morgan fingerprint density at radius 3 is 2.24 bits per heavy atom. The maximum Gasteiger partial charge on any atom is 0.325 e. The molecule has 2 fully saturated rings. The van der Waals surface area contributed by atoms with Gasteiger partial charge < -0.3 is 5.11 Å². The van der Waals surface area contributed by atoms with E-state index in [4.69, 9.17) is 11.6 Å². The number of aliphatic carboxylic acids is 1. The van der Waals surface area contributed by atoms with Crippen LogP contribution in [0.4, 0.5) is 10.1 Å². The van der Waals surface area contributed by atoms with Crippen molar-refractivity contribution in [3.05, 3.63) is 101 Å². The molecule has 2 aliphatic rings. The molecule has 2 saturated heterocycles. The van der Waals surface area contributed by atoms with Crippen LogP contribution in [0.15, 0.2) is 78.9 Å². The maximum absolute atomic E-state index is 13.7. The van der Waals surface area contributed by atoms with E-state index in [0.29, 0.717) is 16.1 Å². The average molecular weight is 479 g/mol. The quantitative estimate of drug-likeness (QED) is 0.541. The first kappa shape index (κ1) is 22.3. The molecule has 0 aromatic heterocycles. The van der Waals surface area contributed by atoms with Crippen molar-refractivity contribution in [1.29, 1.82) is 0 Å². The lowest BCUT2D eigenvalue weighted by Crippen LogP contribution is -2.57. The highest BCUT2D eigenvalue weighted by Crippen LogP contribution is 2.51. The number of carbonyl (C=O) groups excluding carboxylic acids is 2. The van der Waals surface area contributed by atoms with Crippen molar-refractivity contribution >= 4 is 35.1 Å². The van der Waals surface area contributed by atoms with Crippen LogP contribution in [0, 0.1) is 17.7 Å². The largest absolute Gasteiger partial charge is 0.480 e. The summed E-state index contributed by atoms with van der Waals surface area (Å²) in [7, 11) is 0. The lowest BCUT2D eigenvalue weighted by atomic mass is 9.76. The molecule has 2 aliphatic heterocycles. The molecule has 172 valence electrons. The Bertz CT molecular complexity index is 1270. The Hall–Kier alpha value is -3.55. The number of carboxylic acid groups (broad SMARTS) is 1. The fourth-order valence-electron chi connectivity index (χ4n) is 5.16. The molecule has 4 atom stereocenters. The second-order valence-electron chi connectivity index (χ2n) is 8.60. The molecule has 5 rings (SSSR count). The Balaban J connectivity index is 1.65. The number of nitrogens with one attached hydrogen (secondary N) is 1. The Morgan fingerprint density at radius 1 is 0.971 bits per heavy atom. The molecule has 0 spiro atoms. The van der Waals surface area contributed by atoms with Gasteiger partial charge in [-0.1, -0.05) is 54.1 Å². The minimum Gasteiger partial charge on any atom is -0.480 e. The van der Waals surface area contributed by atoms with Crippen molar-refractivity contribution in [3.63, 3.8) is 0 Å². The van der Waals surface area contributed by atoms with Gasteiger partial charge in [-0.2, -0.15) is 0 Å². The van der Waals surface area contributed by atoms with Gasteiger partial charge in [-0.15, -0.1) is 0 Å². The van der Waals surface area contributed by atoms with E-state index in [1.165, 1.54) is 12.1 Å². The van der Waals surface area contributed by atoms with E-state index in [9.17, 15) is 23.9 Å². The van der Waals surface area contributed by atoms with E-state index in [2.05, 4.69) is 5.32 Å². The molecule has 0 unspecified atom stereocenters. The number of carboxylic acids is 1. The third-order valence-corrected chi connectivity index (χ3v) is 6.93. The number of fused-ring (bicyclic) bond motifs is 1. The summed E-state index contributed by atoms with van der Waals surface area (Å²) in [6, 6.07) is 20.0. The summed E-state index contributed by atoms with van der Waals surface area (Å²) in [6.07, 6.45) is 0.00467. The van der Waals surface area contributed by atoms with Gasteiger partial charge in [0.15, 0.2) is 0 Å². The van der Waals surface area contributed by atoms with Crippen LogP contribution >= 0.6 is 11.6 Å². The number of amides is 2. The summed E-state index contributed by atoms with van der Waals surface area (Å²) >= 11 is 6.04. The number of hydrogen-bond donors (Lipinski definition) is 2. The Kier molecular flexibility index (Phi) is 5.46. The molecule has 6 nitrogen and oxygen atoms in total. The fraction of sp³-hybridized carbons (Fsp3) is 0.192. The number of carbonyl (C=O) groups is 3. The molecule has 0 saturated carbocycles. The second kappa shape index (κ2) is 8.34. The van der Waals surface area contributed by atoms with E-state index >= 15 is 0 Å². The van der Waals surface area contributed by atoms with Gasteiger partial charge in [0, 0.05) is 17.5 Å². The van der Waals surface area contributed by atoms with E-state index in [-0.39, 0.29) is 12.1 Å². The number of halogens is 2. The smallest absolute Gasteiger partial charge is 0.325 e. The molecule has 34 heavy (non-hydrogen) atoms. The van der Waals surface area contributed by atoms with Gasteiger partial charge in [0.2, 0.25) is 11.8 Å². The van der Waals surface area contributed by atoms with Gasteiger partial charge in [-0.3, -0.25) is 19.7 Å². The number of hydrogen-bond acceptors (Lipinski definition) is 4. The van der Waals surface area contributed by atoms with Gasteiger partial charge >= 0.3 is 5.97 Å². The molecule has 3 aromatic rings.